The maximum atomic E-state index is 14.7. The number of hydrogen-bond donors (Lipinski definition) is 1. The van der Waals surface area contributed by atoms with Crippen molar-refractivity contribution in [2.75, 3.05) is 6.61 Å². The van der Waals surface area contributed by atoms with Gasteiger partial charge in [-0.3, -0.25) is 19.3 Å². The van der Waals surface area contributed by atoms with Gasteiger partial charge in [0.25, 0.3) is 5.56 Å². The van der Waals surface area contributed by atoms with Gasteiger partial charge < -0.3 is 10.1 Å². The van der Waals surface area contributed by atoms with E-state index in [2.05, 4.69) is 25.3 Å². The summed E-state index contributed by atoms with van der Waals surface area (Å²) in [6.07, 6.45) is 7.94. The Balaban J connectivity index is 0.00000280. The number of rotatable bonds is 6. The van der Waals surface area contributed by atoms with Gasteiger partial charge in [0, 0.05) is 36.6 Å². The van der Waals surface area contributed by atoms with E-state index in [0.29, 0.717) is 47.5 Å². The van der Waals surface area contributed by atoms with Crippen molar-refractivity contribution < 1.29 is 9.13 Å². The van der Waals surface area contributed by atoms with Crippen molar-refractivity contribution in [2.45, 2.75) is 63.1 Å². The molecule has 0 spiro atoms. The predicted octanol–water partition coefficient (Wildman–Crippen LogP) is 3.95. The Morgan fingerprint density at radius 2 is 1.92 bits per heavy atom. The molecular formula is C27H30ClFN6O2. The number of nitrogens with zero attached hydrogens (tertiary/aromatic N) is 5. The monoisotopic (exact) mass is 524 g/mol. The molecule has 10 heteroatoms. The van der Waals surface area contributed by atoms with E-state index in [1.807, 2.05) is 31.2 Å². The van der Waals surface area contributed by atoms with Crippen LogP contribution >= 0.6 is 12.4 Å². The quantitative estimate of drug-likeness (QED) is 0.408. The third kappa shape index (κ3) is 4.60. The minimum atomic E-state index is -0.306. The SMILES string of the molecule is Cc1ccc2ncc(F)c(CCC34CCC(NCc5nc6cccnc6n(C)c5=O)(CC3)CO4)c2n1.Cl. The topological polar surface area (TPSA) is 94.8 Å². The van der Waals surface area contributed by atoms with Crippen molar-refractivity contribution in [1.29, 1.82) is 0 Å². The molecule has 194 valence electrons. The fourth-order valence-corrected chi connectivity index (χ4v) is 5.70. The van der Waals surface area contributed by atoms with Crippen LogP contribution < -0.4 is 10.9 Å². The minimum Gasteiger partial charge on any atom is -0.373 e. The summed E-state index contributed by atoms with van der Waals surface area (Å²) in [5.74, 6) is -0.306. The van der Waals surface area contributed by atoms with Crippen LogP contribution in [0.5, 0.6) is 0 Å². The van der Waals surface area contributed by atoms with Gasteiger partial charge in [0.15, 0.2) is 5.65 Å². The van der Waals surface area contributed by atoms with E-state index in [1.165, 1.54) is 6.20 Å². The Bertz CT molecular complexity index is 1510. The molecule has 1 aliphatic carbocycles. The van der Waals surface area contributed by atoms with Crippen molar-refractivity contribution >= 4 is 34.6 Å². The molecule has 0 atom stereocenters. The van der Waals surface area contributed by atoms with Crippen LogP contribution in [0.2, 0.25) is 0 Å². The molecule has 1 N–H and O–H groups in total. The Morgan fingerprint density at radius 1 is 1.11 bits per heavy atom. The van der Waals surface area contributed by atoms with Gasteiger partial charge in [-0.1, -0.05) is 0 Å². The van der Waals surface area contributed by atoms with Crippen molar-refractivity contribution in [3.63, 3.8) is 0 Å². The van der Waals surface area contributed by atoms with Crippen LogP contribution in [0.3, 0.4) is 0 Å². The Labute approximate surface area is 220 Å². The molecule has 2 aliphatic heterocycles. The molecule has 0 radical (unpaired) electrons. The first kappa shape index (κ1) is 25.6. The number of nitrogens with one attached hydrogen (secondary N) is 1. The van der Waals surface area contributed by atoms with Crippen molar-refractivity contribution in [3.05, 3.63) is 69.8 Å². The van der Waals surface area contributed by atoms with Gasteiger partial charge >= 0.3 is 0 Å². The molecule has 3 aliphatic rings. The highest BCUT2D eigenvalue weighted by atomic mass is 35.5. The smallest absolute Gasteiger partial charge is 0.274 e. The number of aromatic nitrogens is 5. The molecule has 0 aromatic carbocycles. The molecule has 1 saturated carbocycles. The van der Waals surface area contributed by atoms with Gasteiger partial charge in [0.2, 0.25) is 0 Å². The summed E-state index contributed by atoms with van der Waals surface area (Å²) in [6.45, 7) is 2.86. The first-order valence-corrected chi connectivity index (χ1v) is 12.5. The molecule has 37 heavy (non-hydrogen) atoms. The first-order chi connectivity index (χ1) is 17.4. The molecular weight excluding hydrogens is 495 g/mol. The van der Waals surface area contributed by atoms with Crippen LogP contribution in [-0.2, 0) is 24.8 Å². The zero-order chi connectivity index (χ0) is 24.9. The van der Waals surface area contributed by atoms with Gasteiger partial charge in [0.05, 0.1) is 29.4 Å². The normalized spacial score (nSPS) is 22.9. The fourth-order valence-electron chi connectivity index (χ4n) is 5.70. The van der Waals surface area contributed by atoms with Crippen LogP contribution in [0.4, 0.5) is 4.39 Å². The zero-order valence-electron chi connectivity index (χ0n) is 21.0. The lowest BCUT2D eigenvalue weighted by Crippen LogP contribution is -2.61. The molecule has 2 bridgehead atoms. The number of aryl methyl sites for hydroxylation is 3. The van der Waals surface area contributed by atoms with Gasteiger partial charge in [-0.2, -0.15) is 0 Å². The van der Waals surface area contributed by atoms with Gasteiger partial charge in [0.1, 0.15) is 17.0 Å². The predicted molar refractivity (Wildman–Crippen MR) is 141 cm³/mol. The second-order valence-corrected chi connectivity index (χ2v) is 10.3. The number of ether oxygens (including phenoxy) is 1. The Hall–Kier alpha value is -3.01. The molecule has 3 fully saturated rings. The lowest BCUT2D eigenvalue weighted by Gasteiger charge is -2.53. The third-order valence-electron chi connectivity index (χ3n) is 8.03. The van der Waals surface area contributed by atoms with Crippen LogP contribution in [0.1, 0.15) is 49.1 Å². The summed E-state index contributed by atoms with van der Waals surface area (Å²) in [7, 11) is 1.73. The molecule has 0 unspecified atom stereocenters. The van der Waals surface area contributed by atoms with Crippen LogP contribution in [-0.4, -0.2) is 42.2 Å². The van der Waals surface area contributed by atoms with Crippen molar-refractivity contribution in [3.8, 4) is 0 Å². The second kappa shape index (κ2) is 9.70. The van der Waals surface area contributed by atoms with Crippen LogP contribution in [0.15, 0.2) is 41.5 Å². The summed E-state index contributed by atoms with van der Waals surface area (Å²) in [5.41, 5.74) is 4.04. The highest BCUT2D eigenvalue weighted by Crippen LogP contribution is 2.46. The van der Waals surface area contributed by atoms with Crippen LogP contribution in [0.25, 0.3) is 22.2 Å². The van der Waals surface area contributed by atoms with Crippen molar-refractivity contribution in [1.82, 2.24) is 29.8 Å². The number of hydrogen-bond acceptors (Lipinski definition) is 7. The van der Waals surface area contributed by atoms with Crippen molar-refractivity contribution in [2.24, 2.45) is 7.05 Å². The number of fused-ring (bicyclic) bond motifs is 5. The van der Waals surface area contributed by atoms with E-state index < -0.39 is 0 Å². The number of pyridine rings is 3. The maximum Gasteiger partial charge on any atom is 0.274 e. The molecule has 4 aromatic rings. The highest BCUT2D eigenvalue weighted by Gasteiger charge is 2.49. The second-order valence-electron chi connectivity index (χ2n) is 10.3. The molecule has 7 rings (SSSR count). The lowest BCUT2D eigenvalue weighted by atomic mass is 9.69. The average molecular weight is 525 g/mol. The van der Waals surface area contributed by atoms with Gasteiger partial charge in [-0.25, -0.2) is 14.4 Å². The largest absolute Gasteiger partial charge is 0.373 e. The summed E-state index contributed by atoms with van der Waals surface area (Å²) >= 11 is 0. The lowest BCUT2D eigenvalue weighted by molar-refractivity contribution is -0.165. The summed E-state index contributed by atoms with van der Waals surface area (Å²) in [6, 6.07) is 7.48. The maximum absolute atomic E-state index is 14.7. The Morgan fingerprint density at radius 3 is 2.68 bits per heavy atom. The zero-order valence-corrected chi connectivity index (χ0v) is 21.8. The minimum absolute atomic E-state index is 0. The van der Waals surface area contributed by atoms with E-state index in [9.17, 15) is 9.18 Å². The average Bonchev–Trinajstić information content (AvgIpc) is 2.90. The highest BCUT2D eigenvalue weighted by molar-refractivity contribution is 5.85. The Kier molecular flexibility index (Phi) is 6.72. The van der Waals surface area contributed by atoms with E-state index >= 15 is 0 Å². The van der Waals surface area contributed by atoms with E-state index in [4.69, 9.17) is 4.74 Å². The molecule has 0 amide bonds. The molecule has 2 saturated heterocycles. The standard InChI is InChI=1S/C27H29FN6O2.ClH/c1-17-5-6-20-23(32-17)18(19(28)14-30-20)7-8-27-11-9-26(10-12-27,16-36-27)31-15-22-25(35)34(2)24-21(33-22)4-3-13-29-24;/h3-6,13-14,31H,7-12,15-16H2,1-2H3;1H. The molecule has 8 nitrogen and oxygen atoms in total. The molecule has 4 aromatic heterocycles. The summed E-state index contributed by atoms with van der Waals surface area (Å²) in [4.78, 5) is 30.4. The molecule has 6 heterocycles. The van der Waals surface area contributed by atoms with E-state index in [-0.39, 0.29) is 34.9 Å². The van der Waals surface area contributed by atoms with Gasteiger partial charge in [-0.15, -0.1) is 12.4 Å². The van der Waals surface area contributed by atoms with Crippen LogP contribution in [0, 0.1) is 12.7 Å². The fraction of sp³-hybridized carbons (Fsp3) is 0.444. The summed E-state index contributed by atoms with van der Waals surface area (Å²) in [5, 5.41) is 3.60. The van der Waals surface area contributed by atoms with Gasteiger partial charge in [-0.05, 0) is 69.7 Å². The number of halogens is 2. The third-order valence-corrected chi connectivity index (χ3v) is 8.03. The van der Waals surface area contributed by atoms with E-state index in [0.717, 1.165) is 43.3 Å². The first-order valence-electron chi connectivity index (χ1n) is 12.5. The van der Waals surface area contributed by atoms with E-state index in [1.54, 1.807) is 17.8 Å². The summed E-state index contributed by atoms with van der Waals surface area (Å²) < 4.78 is 22.7.